The molecule has 1 N–H and O–H groups in total. The van der Waals surface area contributed by atoms with E-state index in [0.29, 0.717) is 27.1 Å². The number of thiophene rings is 1. The van der Waals surface area contributed by atoms with Crippen molar-refractivity contribution in [3.63, 3.8) is 0 Å². The van der Waals surface area contributed by atoms with Gasteiger partial charge >= 0.3 is 0 Å². The SMILES string of the molecule is C=C(NC(=O)c1csc(Cl)c1)c1ncnn1-c1ccc(C#N)cn1. The first kappa shape index (κ1) is 15.9. The molecular formula is C15H9ClN6OS. The Hall–Kier alpha value is -3.02. The molecule has 0 radical (unpaired) electrons. The highest BCUT2D eigenvalue weighted by molar-refractivity contribution is 7.14. The molecule has 0 saturated heterocycles. The first-order chi connectivity index (χ1) is 11.6. The second-order valence-electron chi connectivity index (χ2n) is 4.58. The highest BCUT2D eigenvalue weighted by atomic mass is 35.5. The summed E-state index contributed by atoms with van der Waals surface area (Å²) in [4.78, 5) is 20.4. The number of carbonyl (C=O) groups is 1. The van der Waals surface area contributed by atoms with E-state index >= 15 is 0 Å². The smallest absolute Gasteiger partial charge is 0.256 e. The van der Waals surface area contributed by atoms with Crippen LogP contribution in [0.3, 0.4) is 0 Å². The van der Waals surface area contributed by atoms with Crippen LogP contribution >= 0.6 is 22.9 Å². The molecule has 0 unspecified atom stereocenters. The molecule has 0 aliphatic heterocycles. The van der Waals surface area contributed by atoms with E-state index < -0.39 is 0 Å². The Bertz CT molecular complexity index is 953. The van der Waals surface area contributed by atoms with Crippen LogP contribution < -0.4 is 5.32 Å². The van der Waals surface area contributed by atoms with Crippen molar-refractivity contribution in [3.05, 3.63) is 64.0 Å². The van der Waals surface area contributed by atoms with E-state index in [1.807, 2.05) is 6.07 Å². The van der Waals surface area contributed by atoms with Gasteiger partial charge in [0.25, 0.3) is 5.91 Å². The number of aromatic nitrogens is 4. The fraction of sp³-hybridized carbons (Fsp3) is 0. The molecule has 0 bridgehead atoms. The normalized spacial score (nSPS) is 10.2. The second-order valence-corrected chi connectivity index (χ2v) is 6.13. The van der Waals surface area contributed by atoms with Crippen molar-refractivity contribution in [2.45, 2.75) is 0 Å². The average Bonchev–Trinajstić information content (AvgIpc) is 3.24. The van der Waals surface area contributed by atoms with Gasteiger partial charge in [-0.2, -0.15) is 15.0 Å². The summed E-state index contributed by atoms with van der Waals surface area (Å²) in [5.41, 5.74) is 1.14. The summed E-state index contributed by atoms with van der Waals surface area (Å²) in [5, 5.41) is 17.2. The summed E-state index contributed by atoms with van der Waals surface area (Å²) in [6, 6.07) is 6.81. The van der Waals surface area contributed by atoms with Gasteiger partial charge in [-0.05, 0) is 18.2 Å². The van der Waals surface area contributed by atoms with Gasteiger partial charge in [-0.1, -0.05) is 18.2 Å². The summed E-state index contributed by atoms with van der Waals surface area (Å²) in [6.07, 6.45) is 2.75. The minimum atomic E-state index is -0.342. The predicted molar refractivity (Wildman–Crippen MR) is 89.7 cm³/mol. The molecule has 3 aromatic rings. The number of hydrogen-bond acceptors (Lipinski definition) is 6. The molecular weight excluding hydrogens is 348 g/mol. The zero-order valence-electron chi connectivity index (χ0n) is 12.1. The lowest BCUT2D eigenvalue weighted by molar-refractivity contribution is 0.0974. The Morgan fingerprint density at radius 3 is 2.88 bits per heavy atom. The van der Waals surface area contributed by atoms with Crippen LogP contribution in [0.15, 0.2) is 42.7 Å². The van der Waals surface area contributed by atoms with Crippen LogP contribution in [0, 0.1) is 11.3 Å². The molecule has 0 aromatic carbocycles. The van der Waals surface area contributed by atoms with Gasteiger partial charge in [0.2, 0.25) is 0 Å². The molecule has 3 rings (SSSR count). The number of nitrogens with one attached hydrogen (secondary N) is 1. The van der Waals surface area contributed by atoms with Crippen LogP contribution in [0.1, 0.15) is 21.7 Å². The summed E-state index contributed by atoms with van der Waals surface area (Å²) in [7, 11) is 0. The molecule has 0 spiro atoms. The Morgan fingerprint density at radius 2 is 2.25 bits per heavy atom. The van der Waals surface area contributed by atoms with E-state index in [1.165, 1.54) is 28.5 Å². The molecule has 9 heteroatoms. The molecule has 0 atom stereocenters. The third-order valence-electron chi connectivity index (χ3n) is 3.01. The monoisotopic (exact) mass is 356 g/mol. The van der Waals surface area contributed by atoms with Crippen molar-refractivity contribution >= 4 is 34.5 Å². The number of halogens is 1. The molecule has 3 aromatic heterocycles. The van der Waals surface area contributed by atoms with Crippen molar-refractivity contribution < 1.29 is 4.79 Å². The first-order valence-corrected chi connectivity index (χ1v) is 7.85. The molecule has 0 aliphatic carbocycles. The number of carbonyl (C=O) groups excluding carboxylic acids is 1. The maximum absolute atomic E-state index is 12.2. The number of pyridine rings is 1. The van der Waals surface area contributed by atoms with E-state index in [-0.39, 0.29) is 11.6 Å². The van der Waals surface area contributed by atoms with Gasteiger partial charge in [-0.3, -0.25) is 4.79 Å². The zero-order chi connectivity index (χ0) is 17.1. The molecule has 0 saturated carbocycles. The van der Waals surface area contributed by atoms with Gasteiger partial charge < -0.3 is 5.32 Å². The van der Waals surface area contributed by atoms with Gasteiger partial charge in [0, 0.05) is 11.6 Å². The van der Waals surface area contributed by atoms with Gasteiger partial charge in [0.15, 0.2) is 11.6 Å². The van der Waals surface area contributed by atoms with Crippen LogP contribution in [0.4, 0.5) is 0 Å². The van der Waals surface area contributed by atoms with Crippen molar-refractivity contribution in [1.29, 1.82) is 5.26 Å². The highest BCUT2D eigenvalue weighted by Crippen LogP contribution is 2.20. The number of nitriles is 1. The quantitative estimate of drug-likeness (QED) is 0.775. The van der Waals surface area contributed by atoms with Gasteiger partial charge in [0.1, 0.15) is 12.4 Å². The van der Waals surface area contributed by atoms with Crippen LogP contribution in [0.25, 0.3) is 11.5 Å². The Labute approximate surface area is 145 Å². The number of amides is 1. The first-order valence-electron chi connectivity index (χ1n) is 6.59. The summed E-state index contributed by atoms with van der Waals surface area (Å²) in [6.45, 7) is 3.82. The lowest BCUT2D eigenvalue weighted by Gasteiger charge is -2.08. The lowest BCUT2D eigenvalue weighted by Crippen LogP contribution is -2.22. The molecule has 3 heterocycles. The third kappa shape index (κ3) is 3.17. The molecule has 7 nitrogen and oxygen atoms in total. The molecule has 1 amide bonds. The molecule has 0 aliphatic rings. The van der Waals surface area contributed by atoms with Crippen molar-refractivity contribution in [1.82, 2.24) is 25.1 Å². The van der Waals surface area contributed by atoms with E-state index in [4.69, 9.17) is 16.9 Å². The standard InChI is InChI=1S/C15H9ClN6OS/c1-9(21-15(23)11-4-12(16)24-7-11)14-19-8-20-22(14)13-3-2-10(5-17)6-18-13/h2-4,6-8H,1H2,(H,21,23). The maximum Gasteiger partial charge on any atom is 0.256 e. The molecule has 118 valence electrons. The maximum atomic E-state index is 12.2. The van der Waals surface area contributed by atoms with Crippen LogP contribution in [-0.4, -0.2) is 25.7 Å². The summed E-state index contributed by atoms with van der Waals surface area (Å²) < 4.78 is 1.94. The summed E-state index contributed by atoms with van der Waals surface area (Å²) in [5.74, 6) is 0.447. The zero-order valence-corrected chi connectivity index (χ0v) is 13.7. The number of nitrogens with zero attached hydrogens (tertiary/aromatic N) is 5. The Balaban J connectivity index is 1.82. The van der Waals surface area contributed by atoms with E-state index in [1.54, 1.807) is 23.6 Å². The molecule has 24 heavy (non-hydrogen) atoms. The highest BCUT2D eigenvalue weighted by Gasteiger charge is 2.15. The second kappa shape index (κ2) is 6.62. The fourth-order valence-corrected chi connectivity index (χ4v) is 2.75. The minimum Gasteiger partial charge on any atom is -0.319 e. The van der Waals surface area contributed by atoms with Crippen molar-refractivity contribution in [2.24, 2.45) is 0 Å². The topological polar surface area (TPSA) is 96.5 Å². The van der Waals surface area contributed by atoms with Crippen molar-refractivity contribution in [2.75, 3.05) is 0 Å². The number of rotatable bonds is 4. The van der Waals surface area contributed by atoms with Crippen LogP contribution in [0.5, 0.6) is 0 Å². The van der Waals surface area contributed by atoms with Gasteiger partial charge in [0.05, 0.1) is 21.2 Å². The van der Waals surface area contributed by atoms with Crippen LogP contribution in [-0.2, 0) is 0 Å². The minimum absolute atomic E-state index is 0.269. The summed E-state index contributed by atoms with van der Waals surface area (Å²) >= 11 is 7.10. The van der Waals surface area contributed by atoms with E-state index in [9.17, 15) is 4.79 Å². The Morgan fingerprint density at radius 1 is 1.42 bits per heavy atom. The van der Waals surface area contributed by atoms with Crippen molar-refractivity contribution in [3.8, 4) is 11.9 Å². The lowest BCUT2D eigenvalue weighted by atomic mass is 10.3. The largest absolute Gasteiger partial charge is 0.319 e. The van der Waals surface area contributed by atoms with Crippen LogP contribution in [0.2, 0.25) is 4.34 Å². The van der Waals surface area contributed by atoms with Gasteiger partial charge in [-0.25, -0.2) is 9.97 Å². The fourth-order valence-electron chi connectivity index (χ4n) is 1.89. The predicted octanol–water partition coefficient (Wildman–Crippen LogP) is 2.65. The van der Waals surface area contributed by atoms with Gasteiger partial charge in [-0.15, -0.1) is 11.3 Å². The Kier molecular flexibility index (Phi) is 4.37. The van der Waals surface area contributed by atoms with E-state index in [0.717, 1.165) is 0 Å². The third-order valence-corrected chi connectivity index (χ3v) is 4.10. The number of hydrogen-bond donors (Lipinski definition) is 1. The molecule has 0 fully saturated rings. The average molecular weight is 357 g/mol. The van der Waals surface area contributed by atoms with E-state index in [2.05, 4.69) is 27.0 Å².